The van der Waals surface area contributed by atoms with Gasteiger partial charge >= 0.3 is 0 Å². The van der Waals surface area contributed by atoms with E-state index in [1.165, 1.54) is 12.8 Å². The number of rotatable bonds is 3. The van der Waals surface area contributed by atoms with Crippen molar-refractivity contribution < 1.29 is 0 Å². The van der Waals surface area contributed by atoms with Gasteiger partial charge in [0, 0.05) is 18.8 Å². The Hall–Kier alpha value is -1.60. The van der Waals surface area contributed by atoms with Gasteiger partial charge in [0.25, 0.3) is 0 Å². The molecule has 1 atom stereocenters. The van der Waals surface area contributed by atoms with Gasteiger partial charge in [0.05, 0.1) is 5.56 Å². The molecule has 1 aliphatic heterocycles. The van der Waals surface area contributed by atoms with Crippen LogP contribution in [-0.4, -0.2) is 24.1 Å². The molecule has 2 heterocycles. The molecule has 0 radical (unpaired) electrons. The van der Waals surface area contributed by atoms with E-state index in [1.54, 1.807) is 12.3 Å². The summed E-state index contributed by atoms with van der Waals surface area (Å²) in [5, 5.41) is 15.3. The first-order valence-corrected chi connectivity index (χ1v) is 5.22. The third-order valence-corrected chi connectivity index (χ3v) is 2.58. The van der Waals surface area contributed by atoms with Crippen molar-refractivity contribution in [2.24, 2.45) is 0 Å². The summed E-state index contributed by atoms with van der Waals surface area (Å²) in [5.41, 5.74) is 0.597. The lowest BCUT2D eigenvalue weighted by Gasteiger charge is -2.11. The molecule has 2 N–H and O–H groups in total. The fourth-order valence-electron chi connectivity index (χ4n) is 1.72. The lowest BCUT2D eigenvalue weighted by molar-refractivity contribution is 0.632. The summed E-state index contributed by atoms with van der Waals surface area (Å²) in [4.78, 5) is 4.15. The molecule has 15 heavy (non-hydrogen) atoms. The second-order valence-corrected chi connectivity index (χ2v) is 3.72. The van der Waals surface area contributed by atoms with E-state index in [2.05, 4.69) is 15.6 Å². The lowest BCUT2D eigenvalue weighted by atomic mass is 10.2. The van der Waals surface area contributed by atoms with E-state index in [0.717, 1.165) is 18.9 Å². The first-order chi connectivity index (χ1) is 7.38. The van der Waals surface area contributed by atoms with Crippen LogP contribution in [0.5, 0.6) is 0 Å². The average molecular weight is 202 g/mol. The molecular weight excluding hydrogens is 188 g/mol. The van der Waals surface area contributed by atoms with Gasteiger partial charge in [-0.05, 0) is 31.5 Å². The van der Waals surface area contributed by atoms with Gasteiger partial charge in [-0.2, -0.15) is 5.26 Å². The second kappa shape index (κ2) is 4.76. The molecule has 0 aromatic carbocycles. The third-order valence-electron chi connectivity index (χ3n) is 2.58. The van der Waals surface area contributed by atoms with E-state index in [0.29, 0.717) is 11.6 Å². The van der Waals surface area contributed by atoms with Gasteiger partial charge in [-0.25, -0.2) is 4.98 Å². The van der Waals surface area contributed by atoms with Gasteiger partial charge in [0.15, 0.2) is 0 Å². The average Bonchev–Trinajstić information content (AvgIpc) is 2.80. The number of hydrogen-bond acceptors (Lipinski definition) is 4. The molecule has 1 unspecified atom stereocenters. The van der Waals surface area contributed by atoms with Crippen LogP contribution in [-0.2, 0) is 0 Å². The SMILES string of the molecule is N#Cc1ccc(NCC2CCCN2)nc1. The van der Waals surface area contributed by atoms with Gasteiger partial charge in [0.2, 0.25) is 0 Å². The number of nitrogens with zero attached hydrogens (tertiary/aromatic N) is 2. The molecule has 0 amide bonds. The molecule has 1 aromatic heterocycles. The van der Waals surface area contributed by atoms with E-state index < -0.39 is 0 Å². The monoisotopic (exact) mass is 202 g/mol. The molecule has 78 valence electrons. The highest BCUT2D eigenvalue weighted by Crippen LogP contribution is 2.07. The number of nitriles is 1. The molecule has 0 spiro atoms. The first-order valence-electron chi connectivity index (χ1n) is 5.22. The number of nitrogens with one attached hydrogen (secondary N) is 2. The van der Waals surface area contributed by atoms with Crippen LogP contribution in [0, 0.1) is 11.3 Å². The Morgan fingerprint density at radius 3 is 3.13 bits per heavy atom. The van der Waals surface area contributed by atoms with Crippen LogP contribution in [0.2, 0.25) is 0 Å². The Morgan fingerprint density at radius 1 is 1.60 bits per heavy atom. The number of anilines is 1. The van der Waals surface area contributed by atoms with Crippen molar-refractivity contribution in [3.05, 3.63) is 23.9 Å². The fourth-order valence-corrected chi connectivity index (χ4v) is 1.72. The zero-order valence-corrected chi connectivity index (χ0v) is 8.53. The Bertz CT molecular complexity index is 346. The van der Waals surface area contributed by atoms with Crippen molar-refractivity contribution in [3.8, 4) is 6.07 Å². The second-order valence-electron chi connectivity index (χ2n) is 3.72. The predicted molar refractivity (Wildman–Crippen MR) is 58.5 cm³/mol. The van der Waals surface area contributed by atoms with Crippen LogP contribution >= 0.6 is 0 Å². The quantitative estimate of drug-likeness (QED) is 0.771. The summed E-state index contributed by atoms with van der Waals surface area (Å²) in [5.74, 6) is 0.836. The predicted octanol–water partition coefficient (Wildman–Crippen LogP) is 1.12. The normalized spacial score (nSPS) is 19.8. The Kier molecular flexibility index (Phi) is 3.15. The van der Waals surface area contributed by atoms with E-state index in [4.69, 9.17) is 5.26 Å². The smallest absolute Gasteiger partial charge is 0.126 e. The van der Waals surface area contributed by atoms with Crippen molar-refractivity contribution in [1.29, 1.82) is 5.26 Å². The van der Waals surface area contributed by atoms with E-state index in [1.807, 2.05) is 12.1 Å². The summed E-state index contributed by atoms with van der Waals surface area (Å²) in [6.45, 7) is 2.02. The van der Waals surface area contributed by atoms with Crippen molar-refractivity contribution >= 4 is 5.82 Å². The maximum Gasteiger partial charge on any atom is 0.126 e. The first kappa shape index (κ1) is 9.94. The summed E-state index contributed by atoms with van der Waals surface area (Å²) < 4.78 is 0. The Balaban J connectivity index is 1.85. The van der Waals surface area contributed by atoms with Crippen molar-refractivity contribution in [1.82, 2.24) is 10.3 Å². The van der Waals surface area contributed by atoms with Crippen LogP contribution in [0.3, 0.4) is 0 Å². The fraction of sp³-hybridized carbons (Fsp3) is 0.455. The summed E-state index contributed by atoms with van der Waals surface area (Å²) in [6, 6.07) is 6.22. The standard InChI is InChI=1S/C11H14N4/c12-6-9-3-4-11(14-7-9)15-8-10-2-1-5-13-10/h3-4,7,10,13H,1-2,5,8H2,(H,14,15). The molecule has 1 aliphatic rings. The zero-order chi connectivity index (χ0) is 10.5. The molecular formula is C11H14N4. The Labute approximate surface area is 89.3 Å². The van der Waals surface area contributed by atoms with E-state index in [-0.39, 0.29) is 0 Å². The largest absolute Gasteiger partial charge is 0.369 e. The van der Waals surface area contributed by atoms with Crippen LogP contribution in [0.15, 0.2) is 18.3 Å². The maximum atomic E-state index is 8.61. The van der Waals surface area contributed by atoms with Crippen molar-refractivity contribution in [2.75, 3.05) is 18.4 Å². The van der Waals surface area contributed by atoms with E-state index >= 15 is 0 Å². The van der Waals surface area contributed by atoms with Crippen LogP contribution < -0.4 is 10.6 Å². The topological polar surface area (TPSA) is 60.7 Å². The molecule has 4 nitrogen and oxygen atoms in total. The number of hydrogen-bond donors (Lipinski definition) is 2. The number of aromatic nitrogens is 1. The molecule has 1 aromatic rings. The highest BCUT2D eigenvalue weighted by molar-refractivity contribution is 5.39. The highest BCUT2D eigenvalue weighted by atomic mass is 15.0. The minimum absolute atomic E-state index is 0.558. The van der Waals surface area contributed by atoms with Crippen molar-refractivity contribution in [3.63, 3.8) is 0 Å². The minimum Gasteiger partial charge on any atom is -0.369 e. The molecule has 2 rings (SSSR count). The molecule has 0 bridgehead atoms. The molecule has 1 fully saturated rings. The third kappa shape index (κ3) is 2.67. The van der Waals surface area contributed by atoms with Gasteiger partial charge < -0.3 is 10.6 Å². The van der Waals surface area contributed by atoms with Crippen LogP contribution in [0.25, 0.3) is 0 Å². The molecule has 0 aliphatic carbocycles. The lowest BCUT2D eigenvalue weighted by Crippen LogP contribution is -2.29. The van der Waals surface area contributed by atoms with Gasteiger partial charge in [-0.15, -0.1) is 0 Å². The van der Waals surface area contributed by atoms with Gasteiger partial charge in [-0.3, -0.25) is 0 Å². The molecule has 0 saturated carbocycles. The zero-order valence-electron chi connectivity index (χ0n) is 8.53. The van der Waals surface area contributed by atoms with E-state index in [9.17, 15) is 0 Å². The minimum atomic E-state index is 0.558. The van der Waals surface area contributed by atoms with Crippen molar-refractivity contribution in [2.45, 2.75) is 18.9 Å². The summed E-state index contributed by atoms with van der Waals surface area (Å²) in [6.07, 6.45) is 4.07. The van der Waals surface area contributed by atoms with Crippen LogP contribution in [0.4, 0.5) is 5.82 Å². The number of pyridine rings is 1. The molecule has 4 heteroatoms. The van der Waals surface area contributed by atoms with Gasteiger partial charge in [0.1, 0.15) is 11.9 Å². The summed E-state index contributed by atoms with van der Waals surface area (Å²) in [7, 11) is 0. The van der Waals surface area contributed by atoms with Gasteiger partial charge in [-0.1, -0.05) is 0 Å². The Morgan fingerprint density at radius 2 is 2.53 bits per heavy atom. The maximum absolute atomic E-state index is 8.61. The molecule has 1 saturated heterocycles. The summed E-state index contributed by atoms with van der Waals surface area (Å²) >= 11 is 0. The highest BCUT2D eigenvalue weighted by Gasteiger charge is 2.13. The van der Waals surface area contributed by atoms with Crippen LogP contribution in [0.1, 0.15) is 18.4 Å².